The van der Waals surface area contributed by atoms with Gasteiger partial charge in [0.05, 0.1) is 22.4 Å². The number of imide groups is 1. The average molecular weight is 438 g/mol. The number of benzene rings is 2. The Labute approximate surface area is 181 Å². The van der Waals surface area contributed by atoms with Crippen molar-refractivity contribution in [3.63, 3.8) is 0 Å². The minimum absolute atomic E-state index is 0.0178. The highest BCUT2D eigenvalue weighted by molar-refractivity contribution is 6.31. The number of nitro groups is 1. The Bertz CT molecular complexity index is 1150. The van der Waals surface area contributed by atoms with E-state index in [4.69, 9.17) is 11.6 Å². The Kier molecular flexibility index (Phi) is 4.40. The number of hydrogen-bond donors (Lipinski definition) is 1. The molecule has 0 radical (unpaired) electrons. The van der Waals surface area contributed by atoms with Gasteiger partial charge in [-0.15, -0.1) is 0 Å². The van der Waals surface area contributed by atoms with E-state index >= 15 is 0 Å². The molecule has 5 rings (SSSR count). The minimum Gasteiger partial charge on any atom is -0.316 e. The molecule has 2 aromatic carbocycles. The van der Waals surface area contributed by atoms with Crippen molar-refractivity contribution >= 4 is 46.4 Å². The number of nitrogens with zero attached hydrogens (tertiary/aromatic N) is 2. The van der Waals surface area contributed by atoms with Gasteiger partial charge in [-0.3, -0.25) is 29.4 Å². The summed E-state index contributed by atoms with van der Waals surface area (Å²) in [5.74, 6) is -1.29. The van der Waals surface area contributed by atoms with Gasteiger partial charge in [-0.2, -0.15) is 0 Å². The van der Waals surface area contributed by atoms with Crippen LogP contribution in [0.2, 0.25) is 5.02 Å². The summed E-state index contributed by atoms with van der Waals surface area (Å²) in [5.41, 5.74) is 0.344. The molecule has 0 spiro atoms. The van der Waals surface area contributed by atoms with Gasteiger partial charge in [0, 0.05) is 16.7 Å². The van der Waals surface area contributed by atoms with Crippen LogP contribution in [-0.4, -0.2) is 22.6 Å². The molecule has 1 N–H and O–H groups in total. The quantitative estimate of drug-likeness (QED) is 0.338. The van der Waals surface area contributed by atoms with Crippen LogP contribution in [0.25, 0.3) is 0 Å². The van der Waals surface area contributed by atoms with Crippen molar-refractivity contribution in [2.75, 3.05) is 10.2 Å². The number of nitro benzene ring substituents is 1. The van der Waals surface area contributed by atoms with Crippen LogP contribution in [0.15, 0.2) is 54.6 Å². The SMILES string of the molecule is O=C(Nc1ccc(Cl)cc1[N+](=O)[O-])c1ccc(N2C(=O)[C@H]3[C@H](C2=O)[C@H]2C=C[C@H]3C2)cc1. The molecular formula is C22H16ClN3O5. The van der Waals surface area contributed by atoms with Gasteiger partial charge in [0.15, 0.2) is 0 Å². The van der Waals surface area contributed by atoms with Crippen LogP contribution in [0.1, 0.15) is 16.8 Å². The standard InChI is InChI=1S/C22H16ClN3O5/c23-14-5-8-16(17(10-14)26(30)31)24-20(27)11-3-6-15(7-4-11)25-21(28)18-12-1-2-13(9-12)19(18)22(25)29/h1-8,10,12-13,18-19H,9H2,(H,24,27)/t12-,13-,18+,19+/m0/s1. The van der Waals surface area contributed by atoms with Gasteiger partial charge in [0.25, 0.3) is 11.6 Å². The summed E-state index contributed by atoms with van der Waals surface area (Å²) in [4.78, 5) is 50.1. The first-order valence-electron chi connectivity index (χ1n) is 9.76. The summed E-state index contributed by atoms with van der Waals surface area (Å²) in [6.45, 7) is 0. The summed E-state index contributed by atoms with van der Waals surface area (Å²) < 4.78 is 0. The maximum atomic E-state index is 12.9. The summed E-state index contributed by atoms with van der Waals surface area (Å²) in [6.07, 6.45) is 4.92. The van der Waals surface area contributed by atoms with E-state index in [1.165, 1.54) is 41.3 Å². The lowest BCUT2D eigenvalue weighted by Crippen LogP contribution is -2.32. The van der Waals surface area contributed by atoms with Gasteiger partial charge >= 0.3 is 0 Å². The van der Waals surface area contributed by atoms with Crippen molar-refractivity contribution in [2.45, 2.75) is 6.42 Å². The van der Waals surface area contributed by atoms with Crippen LogP contribution < -0.4 is 10.2 Å². The second-order valence-electron chi connectivity index (χ2n) is 7.93. The molecule has 1 saturated carbocycles. The monoisotopic (exact) mass is 437 g/mol. The molecule has 31 heavy (non-hydrogen) atoms. The zero-order valence-corrected chi connectivity index (χ0v) is 16.8. The third-order valence-electron chi connectivity index (χ3n) is 6.26. The lowest BCUT2D eigenvalue weighted by molar-refractivity contribution is -0.383. The molecule has 2 aliphatic carbocycles. The molecule has 2 fully saturated rings. The molecule has 0 unspecified atom stereocenters. The molecule has 1 aliphatic heterocycles. The fourth-order valence-electron chi connectivity index (χ4n) is 4.87. The normalized spacial score (nSPS) is 25.8. The number of fused-ring (bicyclic) bond motifs is 5. The molecule has 2 aromatic rings. The molecular weight excluding hydrogens is 422 g/mol. The number of amides is 3. The molecule has 8 nitrogen and oxygen atoms in total. The van der Waals surface area contributed by atoms with Gasteiger partial charge in [-0.05, 0) is 54.7 Å². The molecule has 3 amide bonds. The van der Waals surface area contributed by atoms with E-state index in [1.807, 2.05) is 12.2 Å². The topological polar surface area (TPSA) is 110 Å². The third-order valence-corrected chi connectivity index (χ3v) is 6.50. The molecule has 9 heteroatoms. The van der Waals surface area contributed by atoms with Crippen LogP contribution in [0.5, 0.6) is 0 Å². The zero-order valence-electron chi connectivity index (χ0n) is 16.0. The Morgan fingerprint density at radius 1 is 1.03 bits per heavy atom. The third kappa shape index (κ3) is 3.02. The van der Waals surface area contributed by atoms with Crippen molar-refractivity contribution in [3.8, 4) is 0 Å². The zero-order chi connectivity index (χ0) is 21.9. The molecule has 156 valence electrons. The van der Waals surface area contributed by atoms with Gasteiger partial charge in [0.2, 0.25) is 11.8 Å². The highest BCUT2D eigenvalue weighted by Gasteiger charge is 2.59. The lowest BCUT2D eigenvalue weighted by Gasteiger charge is -2.17. The van der Waals surface area contributed by atoms with Crippen molar-refractivity contribution in [1.82, 2.24) is 0 Å². The minimum atomic E-state index is -0.631. The molecule has 2 bridgehead atoms. The van der Waals surface area contributed by atoms with Gasteiger partial charge in [-0.1, -0.05) is 23.8 Å². The smallest absolute Gasteiger partial charge is 0.294 e. The number of halogens is 1. The van der Waals surface area contributed by atoms with Crippen molar-refractivity contribution < 1.29 is 19.3 Å². The first kappa shape index (κ1) is 19.4. The predicted molar refractivity (Wildman–Crippen MR) is 113 cm³/mol. The van der Waals surface area contributed by atoms with Crippen LogP contribution in [0.4, 0.5) is 17.1 Å². The van der Waals surface area contributed by atoms with Crippen LogP contribution in [0.3, 0.4) is 0 Å². The van der Waals surface area contributed by atoms with E-state index in [9.17, 15) is 24.5 Å². The largest absolute Gasteiger partial charge is 0.316 e. The second-order valence-corrected chi connectivity index (χ2v) is 8.37. The number of hydrogen-bond acceptors (Lipinski definition) is 5. The Morgan fingerprint density at radius 3 is 2.23 bits per heavy atom. The van der Waals surface area contributed by atoms with E-state index in [1.54, 1.807) is 0 Å². The number of anilines is 2. The fraction of sp³-hybridized carbons (Fsp3) is 0.227. The second kappa shape index (κ2) is 7.02. The van der Waals surface area contributed by atoms with E-state index in [2.05, 4.69) is 5.32 Å². The highest BCUT2D eigenvalue weighted by Crippen LogP contribution is 2.53. The first-order valence-corrected chi connectivity index (χ1v) is 10.1. The number of nitrogens with one attached hydrogen (secondary N) is 1. The van der Waals surface area contributed by atoms with Crippen molar-refractivity contribution in [1.29, 1.82) is 0 Å². The van der Waals surface area contributed by atoms with E-state index in [-0.39, 0.29) is 57.4 Å². The Morgan fingerprint density at radius 2 is 1.65 bits per heavy atom. The lowest BCUT2D eigenvalue weighted by atomic mass is 9.85. The maximum absolute atomic E-state index is 12.9. The van der Waals surface area contributed by atoms with Crippen LogP contribution in [0, 0.1) is 33.8 Å². The summed E-state index contributed by atoms with van der Waals surface area (Å²) in [7, 11) is 0. The summed E-state index contributed by atoms with van der Waals surface area (Å²) in [6, 6.07) is 9.99. The Hall–Kier alpha value is -3.52. The first-order chi connectivity index (χ1) is 14.8. The number of rotatable bonds is 4. The van der Waals surface area contributed by atoms with E-state index in [0.29, 0.717) is 5.69 Å². The summed E-state index contributed by atoms with van der Waals surface area (Å²) in [5, 5.41) is 13.9. The molecule has 3 aliphatic rings. The van der Waals surface area contributed by atoms with Crippen molar-refractivity contribution in [2.24, 2.45) is 23.7 Å². The molecule has 1 saturated heterocycles. The van der Waals surface area contributed by atoms with E-state index in [0.717, 1.165) is 12.5 Å². The molecule has 0 aromatic heterocycles. The highest BCUT2D eigenvalue weighted by atomic mass is 35.5. The van der Waals surface area contributed by atoms with Crippen LogP contribution >= 0.6 is 11.6 Å². The predicted octanol–water partition coefficient (Wildman–Crippen LogP) is 3.81. The number of carbonyl (C=O) groups excluding carboxylic acids is 3. The van der Waals surface area contributed by atoms with Gasteiger partial charge in [-0.25, -0.2) is 0 Å². The van der Waals surface area contributed by atoms with Crippen LogP contribution in [-0.2, 0) is 9.59 Å². The number of allylic oxidation sites excluding steroid dienone is 2. The molecule has 4 atom stereocenters. The van der Waals surface area contributed by atoms with Gasteiger partial charge in [0.1, 0.15) is 5.69 Å². The van der Waals surface area contributed by atoms with Gasteiger partial charge < -0.3 is 5.32 Å². The summed E-state index contributed by atoms with van der Waals surface area (Å²) >= 11 is 5.79. The Balaban J connectivity index is 1.35. The van der Waals surface area contributed by atoms with E-state index < -0.39 is 10.8 Å². The molecule has 1 heterocycles. The number of carbonyl (C=O) groups is 3. The average Bonchev–Trinajstić information content (AvgIpc) is 3.43. The maximum Gasteiger partial charge on any atom is 0.294 e. The van der Waals surface area contributed by atoms with Crippen molar-refractivity contribution in [3.05, 3.63) is 75.3 Å². The fourth-order valence-corrected chi connectivity index (χ4v) is 5.04.